The highest BCUT2D eigenvalue weighted by molar-refractivity contribution is 7.92. The van der Waals surface area contributed by atoms with E-state index in [1.54, 1.807) is 19.2 Å². The van der Waals surface area contributed by atoms with Gasteiger partial charge in [-0.15, -0.1) is 0 Å². The lowest BCUT2D eigenvalue weighted by Crippen LogP contribution is -2.43. The predicted molar refractivity (Wildman–Crippen MR) is 197 cm³/mol. The van der Waals surface area contributed by atoms with Crippen LogP contribution in [0.2, 0.25) is 0 Å². The molecule has 4 aromatic rings. The fraction of sp³-hybridized carbons (Fsp3) is 0.541. The summed E-state index contributed by atoms with van der Waals surface area (Å²) in [5, 5.41) is 6.22. The van der Waals surface area contributed by atoms with E-state index in [0.717, 1.165) is 71.3 Å². The molecule has 0 bridgehead atoms. The van der Waals surface area contributed by atoms with E-state index in [2.05, 4.69) is 24.5 Å². The zero-order valence-electron chi connectivity index (χ0n) is 30.4. The highest BCUT2D eigenvalue weighted by atomic mass is 32.2. The van der Waals surface area contributed by atoms with Gasteiger partial charge in [0.25, 0.3) is 0 Å². The lowest BCUT2D eigenvalue weighted by Gasteiger charge is -2.35. The maximum absolute atomic E-state index is 15.3. The number of benzene rings is 2. The quantitative estimate of drug-likeness (QED) is 0.212. The molecule has 284 valence electrons. The van der Waals surface area contributed by atoms with Gasteiger partial charge in [-0.1, -0.05) is 13.0 Å². The number of ether oxygens (including phenoxy) is 3. The second-order valence-electron chi connectivity index (χ2n) is 14.7. The molecular weight excluding hydrogens is 707 g/mol. The Morgan fingerprint density at radius 1 is 1.04 bits per heavy atom. The topological polar surface area (TPSA) is 127 Å². The average Bonchev–Trinajstić information content (AvgIpc) is 3.74. The third-order valence-corrected chi connectivity index (χ3v) is 11.6. The zero-order chi connectivity index (χ0) is 36.9. The van der Waals surface area contributed by atoms with Gasteiger partial charge in [0.1, 0.15) is 30.2 Å². The summed E-state index contributed by atoms with van der Waals surface area (Å²) in [7, 11) is -1.92. The minimum absolute atomic E-state index is 0.0789. The lowest BCUT2D eigenvalue weighted by molar-refractivity contribution is 0.0512. The van der Waals surface area contributed by atoms with Crippen LogP contribution in [0.3, 0.4) is 0 Å². The first-order chi connectivity index (χ1) is 25.5. The molecule has 13 nitrogen and oxygen atoms in total. The van der Waals surface area contributed by atoms with Crippen molar-refractivity contribution in [3.05, 3.63) is 58.7 Å². The van der Waals surface area contributed by atoms with E-state index in [1.165, 1.54) is 6.07 Å². The monoisotopic (exact) mass is 752 g/mol. The van der Waals surface area contributed by atoms with Gasteiger partial charge < -0.3 is 24.0 Å². The van der Waals surface area contributed by atoms with Gasteiger partial charge in [-0.3, -0.25) is 14.3 Å². The number of rotatable bonds is 11. The van der Waals surface area contributed by atoms with Crippen LogP contribution in [0.5, 0.6) is 11.8 Å². The van der Waals surface area contributed by atoms with Gasteiger partial charge in [0.2, 0.25) is 10.0 Å². The first-order valence-corrected chi connectivity index (χ1v) is 20.2. The number of anilines is 3. The van der Waals surface area contributed by atoms with Gasteiger partial charge in [-0.05, 0) is 61.7 Å². The highest BCUT2D eigenvalue weighted by Crippen LogP contribution is 2.42. The van der Waals surface area contributed by atoms with E-state index < -0.39 is 16.2 Å². The average molecular weight is 753 g/mol. The lowest BCUT2D eigenvalue weighted by atomic mass is 9.95. The van der Waals surface area contributed by atoms with E-state index in [9.17, 15) is 12.8 Å². The predicted octanol–water partition coefficient (Wildman–Crippen LogP) is 4.81. The number of nitrogens with zero attached hydrogens (tertiary/aromatic N) is 7. The number of aryl methyl sites for hydroxylation is 2. The fourth-order valence-corrected chi connectivity index (χ4v) is 9.20. The molecule has 2 atom stereocenters. The minimum Gasteiger partial charge on any atom is -0.467 e. The van der Waals surface area contributed by atoms with E-state index in [0.29, 0.717) is 76.5 Å². The Labute approximate surface area is 308 Å². The number of alkyl halides is 1. The molecule has 1 N–H and O–H groups in total. The molecule has 16 heteroatoms. The first-order valence-electron chi connectivity index (χ1n) is 18.4. The number of hydrogen-bond donors (Lipinski definition) is 1. The van der Waals surface area contributed by atoms with Gasteiger partial charge >= 0.3 is 6.01 Å². The molecule has 4 aliphatic rings. The summed E-state index contributed by atoms with van der Waals surface area (Å²) in [4.78, 5) is 16.7. The Bertz CT molecular complexity index is 2130. The molecule has 6 heterocycles. The Morgan fingerprint density at radius 3 is 2.72 bits per heavy atom. The Hall–Kier alpha value is -4.28. The molecule has 0 aliphatic carbocycles. The molecule has 2 aromatic heterocycles. The normalized spacial score (nSPS) is 21.7. The number of halogens is 2. The second-order valence-corrected chi connectivity index (χ2v) is 16.4. The van der Waals surface area contributed by atoms with Crippen molar-refractivity contribution in [3.63, 3.8) is 0 Å². The second kappa shape index (κ2) is 14.2. The van der Waals surface area contributed by atoms with E-state index in [1.807, 2.05) is 23.7 Å². The molecule has 0 amide bonds. The molecule has 0 radical (unpaired) electrons. The van der Waals surface area contributed by atoms with E-state index in [4.69, 9.17) is 24.2 Å². The molecular formula is C37H46F2N8O5S. The number of sulfonamides is 1. The van der Waals surface area contributed by atoms with Crippen molar-refractivity contribution in [2.75, 3.05) is 67.5 Å². The summed E-state index contributed by atoms with van der Waals surface area (Å²) in [5.41, 5.74) is 3.78. The molecule has 53 heavy (non-hydrogen) atoms. The minimum atomic E-state index is -3.49. The van der Waals surface area contributed by atoms with Crippen molar-refractivity contribution < 1.29 is 31.4 Å². The Morgan fingerprint density at radius 2 is 1.91 bits per heavy atom. The van der Waals surface area contributed by atoms with Gasteiger partial charge in [-0.2, -0.15) is 15.1 Å². The summed E-state index contributed by atoms with van der Waals surface area (Å²) >= 11 is 0. The summed E-state index contributed by atoms with van der Waals surface area (Å²) in [6.07, 6.45) is 4.42. The van der Waals surface area contributed by atoms with Gasteiger partial charge in [0.05, 0.1) is 36.3 Å². The molecule has 2 aromatic carbocycles. The third-order valence-electron chi connectivity index (χ3n) is 11.0. The van der Waals surface area contributed by atoms with Crippen molar-refractivity contribution in [2.45, 2.75) is 76.8 Å². The van der Waals surface area contributed by atoms with E-state index >= 15 is 4.39 Å². The van der Waals surface area contributed by atoms with Crippen molar-refractivity contribution in [2.24, 2.45) is 0 Å². The van der Waals surface area contributed by atoms with Crippen LogP contribution in [0, 0.1) is 5.82 Å². The molecule has 0 saturated carbocycles. The largest absolute Gasteiger partial charge is 0.467 e. The molecule has 4 aliphatic heterocycles. The first kappa shape index (κ1) is 35.7. The Kier molecular flexibility index (Phi) is 9.56. The third kappa shape index (κ3) is 7.08. The molecule has 0 unspecified atom stereocenters. The van der Waals surface area contributed by atoms with Gasteiger partial charge in [0.15, 0.2) is 12.6 Å². The van der Waals surface area contributed by atoms with Crippen LogP contribution < -0.4 is 24.0 Å². The van der Waals surface area contributed by atoms with Crippen molar-refractivity contribution in [1.29, 1.82) is 0 Å². The van der Waals surface area contributed by atoms with Gasteiger partial charge in [-0.25, -0.2) is 17.2 Å². The maximum atomic E-state index is 15.3. The highest BCUT2D eigenvalue weighted by Gasteiger charge is 2.49. The SMILES string of the molecule is CCc1c(F)ccc2cc(OCOC)cc(N3CCc4c(nc(OC[C@@]56CCCN5C[C@H](F)C6)nc4N4CCCn5nc(NS(C)(=O)=O)cc5C4)C3)c12. The molecule has 0 spiro atoms. The van der Waals surface area contributed by atoms with Crippen molar-refractivity contribution >= 4 is 38.1 Å². The van der Waals surface area contributed by atoms with Crippen molar-refractivity contribution in [3.8, 4) is 11.8 Å². The summed E-state index contributed by atoms with van der Waals surface area (Å²) in [6, 6.07) is 9.16. The standard InChI is InChI=1S/C37H46F2N8O5S/c1-4-28-30(39)8-7-24-15-27(52-23-50-2)17-32(34(24)28)44-14-9-29-31(21-44)40-36(51-22-37-10-5-12-46(37)19-25(38)18-37)41-35(29)45-11-6-13-47-26(20-45)16-33(42-47)43-53(3,48)49/h7-8,15-17,25H,4-6,9-14,18-23H2,1-3H3,(H,42,43)/t25-,37+/m1/s1. The number of hydrogen-bond acceptors (Lipinski definition) is 11. The van der Waals surface area contributed by atoms with Crippen LogP contribution in [0.4, 0.5) is 26.1 Å². The molecule has 8 rings (SSSR count). The van der Waals surface area contributed by atoms with Gasteiger partial charge in [0, 0.05) is 68.5 Å². The van der Waals surface area contributed by atoms with Crippen LogP contribution in [-0.2, 0) is 47.2 Å². The van der Waals surface area contributed by atoms with Crippen LogP contribution in [0.25, 0.3) is 10.8 Å². The number of nitrogens with one attached hydrogen (secondary N) is 1. The summed E-state index contributed by atoms with van der Waals surface area (Å²) in [5.74, 6) is 1.41. The number of fused-ring (bicyclic) bond motifs is 4. The molecule has 2 fully saturated rings. The maximum Gasteiger partial charge on any atom is 0.318 e. The smallest absolute Gasteiger partial charge is 0.318 e. The molecule has 2 saturated heterocycles. The van der Waals surface area contributed by atoms with Crippen molar-refractivity contribution in [1.82, 2.24) is 24.6 Å². The van der Waals surface area contributed by atoms with Crippen LogP contribution in [0.1, 0.15) is 55.1 Å². The van der Waals surface area contributed by atoms with Crippen LogP contribution >= 0.6 is 0 Å². The fourth-order valence-electron chi connectivity index (χ4n) is 8.72. The van der Waals surface area contributed by atoms with Crippen LogP contribution in [-0.4, -0.2) is 97.7 Å². The van der Waals surface area contributed by atoms with E-state index in [-0.39, 0.29) is 30.0 Å². The number of methoxy groups -OCH3 is 1. The van der Waals surface area contributed by atoms with Crippen LogP contribution in [0.15, 0.2) is 30.3 Å². The summed E-state index contributed by atoms with van der Waals surface area (Å²) < 4.78 is 75.8. The summed E-state index contributed by atoms with van der Waals surface area (Å²) in [6.45, 7) is 6.42. The number of aromatic nitrogens is 4. The Balaban J connectivity index is 1.17. The zero-order valence-corrected chi connectivity index (χ0v) is 31.2.